The first-order chi connectivity index (χ1) is 7.84. The van der Waals surface area contributed by atoms with Gasteiger partial charge in [0, 0.05) is 16.6 Å². The molecule has 2 aromatic carbocycles. The summed E-state index contributed by atoms with van der Waals surface area (Å²) in [4.78, 5) is 5.71. The first-order valence-electron chi connectivity index (χ1n) is 5.25. The molecule has 3 rings (SSSR count). The highest BCUT2D eigenvalue weighted by Gasteiger charge is 2.06. The highest BCUT2D eigenvalue weighted by Crippen LogP contribution is 2.31. The minimum atomic E-state index is 1.11. The molecular weight excluding hydrogens is 214 g/mol. The quantitative estimate of drug-likeness (QED) is 0.602. The maximum Gasteiger partial charge on any atom is 0.124 e. The Bertz CT molecular complexity index is 635. The van der Waals surface area contributed by atoms with E-state index in [-0.39, 0.29) is 0 Å². The molecule has 1 heterocycles. The largest absolute Gasteiger partial charge is 0.244 e. The van der Waals surface area contributed by atoms with Crippen molar-refractivity contribution >= 4 is 22.1 Å². The van der Waals surface area contributed by atoms with Crippen molar-refractivity contribution in [2.45, 2.75) is 6.92 Å². The van der Waals surface area contributed by atoms with Crippen LogP contribution in [0.4, 0.5) is 0 Å². The van der Waals surface area contributed by atoms with Crippen molar-refractivity contribution in [3.8, 4) is 10.6 Å². The number of hydrogen-bond donors (Lipinski definition) is 0. The smallest absolute Gasteiger partial charge is 0.124 e. The zero-order valence-corrected chi connectivity index (χ0v) is 9.79. The molecule has 16 heavy (non-hydrogen) atoms. The summed E-state index contributed by atoms with van der Waals surface area (Å²) in [5, 5.41) is 3.65. The maximum atomic E-state index is 4.45. The molecule has 0 bridgehead atoms. The maximum absolute atomic E-state index is 4.45. The molecule has 2 heteroatoms. The Morgan fingerprint density at radius 1 is 1.00 bits per heavy atom. The van der Waals surface area contributed by atoms with E-state index in [1.54, 1.807) is 11.3 Å². The third kappa shape index (κ3) is 1.51. The highest BCUT2D eigenvalue weighted by molar-refractivity contribution is 7.15. The molecule has 0 saturated carbocycles. The van der Waals surface area contributed by atoms with E-state index in [0.717, 1.165) is 5.01 Å². The molecule has 0 unspecified atom stereocenters. The Hall–Kier alpha value is -1.67. The molecule has 0 fully saturated rings. The van der Waals surface area contributed by atoms with Gasteiger partial charge in [-0.2, -0.15) is 0 Å². The van der Waals surface area contributed by atoms with E-state index in [1.807, 2.05) is 6.20 Å². The van der Waals surface area contributed by atoms with Crippen molar-refractivity contribution in [2.24, 2.45) is 0 Å². The predicted octanol–water partition coefficient (Wildman–Crippen LogP) is 4.27. The van der Waals surface area contributed by atoms with Crippen molar-refractivity contribution in [1.82, 2.24) is 4.98 Å². The molecule has 0 spiro atoms. The number of fused-ring (bicyclic) bond motifs is 1. The van der Waals surface area contributed by atoms with E-state index < -0.39 is 0 Å². The average molecular weight is 225 g/mol. The van der Waals surface area contributed by atoms with Crippen LogP contribution in [0.2, 0.25) is 0 Å². The molecule has 1 aromatic heterocycles. The van der Waals surface area contributed by atoms with Gasteiger partial charge < -0.3 is 0 Å². The van der Waals surface area contributed by atoms with Gasteiger partial charge in [-0.25, -0.2) is 4.98 Å². The average Bonchev–Trinajstić information content (AvgIpc) is 2.75. The lowest BCUT2D eigenvalue weighted by atomic mass is 10.1. The third-order valence-corrected chi connectivity index (χ3v) is 3.59. The summed E-state index contributed by atoms with van der Waals surface area (Å²) in [6.07, 6.45) is 1.93. The van der Waals surface area contributed by atoms with Crippen LogP contribution in [0.3, 0.4) is 0 Å². The highest BCUT2D eigenvalue weighted by atomic mass is 32.1. The van der Waals surface area contributed by atoms with E-state index >= 15 is 0 Å². The molecule has 0 radical (unpaired) electrons. The second-order valence-electron chi connectivity index (χ2n) is 3.80. The Labute approximate surface area is 98.4 Å². The number of benzene rings is 2. The fraction of sp³-hybridized carbons (Fsp3) is 0.0714. The van der Waals surface area contributed by atoms with Gasteiger partial charge in [0.05, 0.1) is 0 Å². The first kappa shape index (κ1) is 9.55. The molecule has 0 N–H and O–H groups in total. The van der Waals surface area contributed by atoms with Gasteiger partial charge in [0.25, 0.3) is 0 Å². The molecule has 0 atom stereocenters. The van der Waals surface area contributed by atoms with Crippen LogP contribution >= 0.6 is 11.3 Å². The van der Waals surface area contributed by atoms with Crippen LogP contribution in [0.5, 0.6) is 0 Å². The van der Waals surface area contributed by atoms with Gasteiger partial charge in [0.1, 0.15) is 5.01 Å². The van der Waals surface area contributed by atoms with Crippen LogP contribution in [0.25, 0.3) is 21.3 Å². The van der Waals surface area contributed by atoms with Crippen LogP contribution in [-0.2, 0) is 0 Å². The predicted molar refractivity (Wildman–Crippen MR) is 69.8 cm³/mol. The molecule has 3 aromatic rings. The topological polar surface area (TPSA) is 12.9 Å². The van der Waals surface area contributed by atoms with Gasteiger partial charge in [0.15, 0.2) is 0 Å². The summed E-state index contributed by atoms with van der Waals surface area (Å²) >= 11 is 1.74. The summed E-state index contributed by atoms with van der Waals surface area (Å²) < 4.78 is 0. The fourth-order valence-corrected chi connectivity index (χ4v) is 2.69. The second-order valence-corrected chi connectivity index (χ2v) is 5.04. The summed E-state index contributed by atoms with van der Waals surface area (Å²) in [5.74, 6) is 0. The molecule has 0 aliphatic carbocycles. The van der Waals surface area contributed by atoms with Crippen LogP contribution in [0.15, 0.2) is 48.7 Å². The summed E-state index contributed by atoms with van der Waals surface area (Å²) in [6, 6.07) is 14.8. The Balaban J connectivity index is 2.31. The lowest BCUT2D eigenvalue weighted by Gasteiger charge is -2.02. The van der Waals surface area contributed by atoms with Gasteiger partial charge in [-0.1, -0.05) is 42.5 Å². The van der Waals surface area contributed by atoms with E-state index in [4.69, 9.17) is 0 Å². The molecule has 0 aliphatic heterocycles. The SMILES string of the molecule is Cc1cnc(-c2cccc3ccccc23)s1. The van der Waals surface area contributed by atoms with Crippen LogP contribution in [0, 0.1) is 6.92 Å². The van der Waals surface area contributed by atoms with Crippen LogP contribution in [0.1, 0.15) is 4.88 Å². The standard InChI is InChI=1S/C14H11NS/c1-10-9-15-14(16-10)13-8-4-6-11-5-2-3-7-12(11)13/h2-9H,1H3. The van der Waals surface area contributed by atoms with Gasteiger partial charge in [-0.3, -0.25) is 0 Å². The fourth-order valence-electron chi connectivity index (χ4n) is 1.89. The van der Waals surface area contributed by atoms with E-state index in [1.165, 1.54) is 21.2 Å². The Kier molecular flexibility index (Phi) is 2.22. The first-order valence-corrected chi connectivity index (χ1v) is 6.07. The zero-order chi connectivity index (χ0) is 11.0. The molecule has 1 nitrogen and oxygen atoms in total. The molecule has 78 valence electrons. The number of hydrogen-bond acceptors (Lipinski definition) is 2. The third-order valence-electron chi connectivity index (χ3n) is 2.64. The van der Waals surface area contributed by atoms with Gasteiger partial charge in [-0.15, -0.1) is 11.3 Å². The molecule has 0 amide bonds. The lowest BCUT2D eigenvalue weighted by molar-refractivity contribution is 1.39. The van der Waals surface area contributed by atoms with Crippen molar-refractivity contribution in [1.29, 1.82) is 0 Å². The minimum absolute atomic E-state index is 1.11. The summed E-state index contributed by atoms with van der Waals surface area (Å²) in [7, 11) is 0. The summed E-state index contributed by atoms with van der Waals surface area (Å²) in [6.45, 7) is 2.09. The van der Waals surface area contributed by atoms with Gasteiger partial charge in [0.2, 0.25) is 0 Å². The minimum Gasteiger partial charge on any atom is -0.244 e. The van der Waals surface area contributed by atoms with E-state index in [2.05, 4.69) is 54.4 Å². The lowest BCUT2D eigenvalue weighted by Crippen LogP contribution is -1.78. The number of thiazole rings is 1. The van der Waals surface area contributed by atoms with Crippen molar-refractivity contribution in [2.75, 3.05) is 0 Å². The molecule has 0 saturated heterocycles. The van der Waals surface area contributed by atoms with Crippen LogP contribution < -0.4 is 0 Å². The van der Waals surface area contributed by atoms with Crippen molar-refractivity contribution < 1.29 is 0 Å². The Morgan fingerprint density at radius 2 is 1.81 bits per heavy atom. The zero-order valence-electron chi connectivity index (χ0n) is 8.97. The van der Waals surface area contributed by atoms with Gasteiger partial charge >= 0.3 is 0 Å². The Morgan fingerprint density at radius 3 is 2.62 bits per heavy atom. The van der Waals surface area contributed by atoms with Crippen LogP contribution in [-0.4, -0.2) is 4.98 Å². The molecular formula is C14H11NS. The normalized spacial score (nSPS) is 10.8. The molecule has 0 aliphatic rings. The number of rotatable bonds is 1. The monoisotopic (exact) mass is 225 g/mol. The van der Waals surface area contributed by atoms with Gasteiger partial charge in [-0.05, 0) is 17.7 Å². The van der Waals surface area contributed by atoms with Crippen molar-refractivity contribution in [3.05, 3.63) is 53.5 Å². The van der Waals surface area contributed by atoms with E-state index in [9.17, 15) is 0 Å². The second kappa shape index (κ2) is 3.72. The number of nitrogens with zero attached hydrogens (tertiary/aromatic N) is 1. The number of aryl methyl sites for hydroxylation is 1. The summed E-state index contributed by atoms with van der Waals surface area (Å²) in [5.41, 5.74) is 1.23. The van der Waals surface area contributed by atoms with Crippen molar-refractivity contribution in [3.63, 3.8) is 0 Å². The van der Waals surface area contributed by atoms with E-state index in [0.29, 0.717) is 0 Å². The number of aromatic nitrogens is 1.